The van der Waals surface area contributed by atoms with Gasteiger partial charge in [0.15, 0.2) is 0 Å². The molecule has 0 aromatic heterocycles. The van der Waals surface area contributed by atoms with E-state index in [1.807, 2.05) is 0 Å². The first-order valence-corrected chi connectivity index (χ1v) is 10.1. The van der Waals surface area contributed by atoms with Crippen LogP contribution in [-0.4, -0.2) is 54.6 Å². The largest absolute Gasteiger partial charge is 0.496 e. The van der Waals surface area contributed by atoms with Crippen molar-refractivity contribution in [3.8, 4) is 23.0 Å². The fourth-order valence-corrected chi connectivity index (χ4v) is 5.45. The topological polar surface area (TPSA) is 89.5 Å². The summed E-state index contributed by atoms with van der Waals surface area (Å²) < 4.78 is 33.1. The van der Waals surface area contributed by atoms with Gasteiger partial charge in [0.1, 0.15) is 23.0 Å². The van der Waals surface area contributed by atoms with Crippen LogP contribution in [-0.2, 0) is 19.1 Å². The molecule has 0 saturated carbocycles. The number of esters is 2. The summed E-state index contributed by atoms with van der Waals surface area (Å²) in [7, 11) is 8.90. The first-order valence-electron chi connectivity index (χ1n) is 10.1. The van der Waals surface area contributed by atoms with Crippen LogP contribution in [0.3, 0.4) is 0 Å². The standard InChI is InChI=1S/C24H26O8/c1-27-11-7-8-12(28-2)16-15(11)19-17-13(29-3)9-10-14(30-4)18(17)20(16)22(24(26)32-6)21(19)23(25)31-5/h7-10,19-22H,1-6H3. The minimum Gasteiger partial charge on any atom is -0.496 e. The summed E-state index contributed by atoms with van der Waals surface area (Å²) in [4.78, 5) is 26.3. The number of rotatable bonds is 6. The van der Waals surface area contributed by atoms with Gasteiger partial charge in [0.25, 0.3) is 0 Å². The molecular formula is C24H26O8. The zero-order chi connectivity index (χ0) is 23.2. The molecule has 2 atom stereocenters. The van der Waals surface area contributed by atoms with Crippen molar-refractivity contribution < 1.29 is 38.0 Å². The average Bonchev–Trinajstić information content (AvgIpc) is 2.85. The van der Waals surface area contributed by atoms with Crippen LogP contribution < -0.4 is 18.9 Å². The smallest absolute Gasteiger partial charge is 0.310 e. The SMILES string of the molecule is COC(=O)C1C2c3c(OC)ccc(OC)c3C(c3c(OC)ccc(OC)c32)C1C(=O)OC. The van der Waals surface area contributed by atoms with Crippen LogP contribution in [0.4, 0.5) is 0 Å². The van der Waals surface area contributed by atoms with Gasteiger partial charge in [0.05, 0.1) is 54.5 Å². The second kappa shape index (κ2) is 8.26. The van der Waals surface area contributed by atoms with E-state index in [9.17, 15) is 9.59 Å². The molecule has 0 aliphatic heterocycles. The second-order valence-electron chi connectivity index (χ2n) is 7.65. The Morgan fingerprint density at radius 2 is 0.781 bits per heavy atom. The van der Waals surface area contributed by atoms with Crippen molar-refractivity contribution >= 4 is 11.9 Å². The molecular weight excluding hydrogens is 416 g/mol. The molecule has 3 aliphatic carbocycles. The third kappa shape index (κ3) is 2.82. The third-order valence-corrected chi connectivity index (χ3v) is 6.59. The van der Waals surface area contributed by atoms with E-state index in [4.69, 9.17) is 28.4 Å². The lowest BCUT2D eigenvalue weighted by atomic mass is 9.53. The van der Waals surface area contributed by atoms with E-state index in [2.05, 4.69) is 0 Å². The average molecular weight is 442 g/mol. The quantitative estimate of drug-likeness (QED) is 0.631. The fraction of sp³-hybridized carbons (Fsp3) is 0.417. The summed E-state index contributed by atoms with van der Waals surface area (Å²) in [5.74, 6) is -1.57. The molecule has 3 aliphatic rings. The van der Waals surface area contributed by atoms with E-state index in [0.717, 1.165) is 22.3 Å². The zero-order valence-corrected chi connectivity index (χ0v) is 18.9. The predicted molar refractivity (Wildman–Crippen MR) is 114 cm³/mol. The summed E-state index contributed by atoms with van der Waals surface area (Å²) in [5, 5.41) is 0. The summed E-state index contributed by atoms with van der Waals surface area (Å²) in [6.45, 7) is 0. The first-order chi connectivity index (χ1) is 15.5. The molecule has 0 saturated heterocycles. The number of methoxy groups -OCH3 is 6. The Hall–Kier alpha value is -3.42. The van der Waals surface area contributed by atoms with Crippen molar-refractivity contribution in [3.05, 3.63) is 46.5 Å². The summed E-state index contributed by atoms with van der Waals surface area (Å²) in [6.07, 6.45) is 0. The van der Waals surface area contributed by atoms with Crippen LogP contribution in [0, 0.1) is 11.8 Å². The Kier molecular flexibility index (Phi) is 5.62. The Morgan fingerprint density at radius 1 is 0.531 bits per heavy atom. The zero-order valence-electron chi connectivity index (χ0n) is 18.9. The van der Waals surface area contributed by atoms with Crippen molar-refractivity contribution in [2.24, 2.45) is 11.8 Å². The van der Waals surface area contributed by atoms with Crippen LogP contribution in [0.15, 0.2) is 24.3 Å². The molecule has 2 aromatic rings. The molecule has 32 heavy (non-hydrogen) atoms. The number of fused-ring (bicyclic) bond motifs is 1. The van der Waals surface area contributed by atoms with E-state index >= 15 is 0 Å². The van der Waals surface area contributed by atoms with E-state index in [1.54, 1.807) is 52.7 Å². The number of carbonyl (C=O) groups excluding carboxylic acids is 2. The summed E-state index contributed by atoms with van der Waals surface area (Å²) in [5.41, 5.74) is 3.08. The van der Waals surface area contributed by atoms with Gasteiger partial charge in [0, 0.05) is 34.1 Å². The Morgan fingerprint density at radius 3 is 0.969 bits per heavy atom. The van der Waals surface area contributed by atoms with Crippen LogP contribution >= 0.6 is 0 Å². The molecule has 5 rings (SSSR count). The van der Waals surface area contributed by atoms with E-state index < -0.39 is 35.6 Å². The van der Waals surface area contributed by atoms with Crippen LogP contribution in [0.1, 0.15) is 34.1 Å². The highest BCUT2D eigenvalue weighted by atomic mass is 16.5. The highest BCUT2D eigenvalue weighted by Crippen LogP contribution is 2.65. The lowest BCUT2D eigenvalue weighted by Gasteiger charge is -2.49. The summed E-state index contributed by atoms with van der Waals surface area (Å²) >= 11 is 0. The van der Waals surface area contributed by atoms with E-state index in [1.165, 1.54) is 14.2 Å². The Balaban J connectivity index is 2.19. The number of ether oxygens (including phenoxy) is 6. The third-order valence-electron chi connectivity index (χ3n) is 6.59. The van der Waals surface area contributed by atoms with Gasteiger partial charge >= 0.3 is 11.9 Å². The predicted octanol–water partition coefficient (Wildman–Crippen LogP) is 2.89. The highest BCUT2D eigenvalue weighted by molar-refractivity contribution is 5.90. The molecule has 0 fully saturated rings. The minimum atomic E-state index is -0.848. The maximum atomic E-state index is 13.1. The van der Waals surface area contributed by atoms with Gasteiger partial charge < -0.3 is 28.4 Å². The Labute approximate surface area is 186 Å². The van der Waals surface area contributed by atoms with Crippen molar-refractivity contribution in [1.29, 1.82) is 0 Å². The van der Waals surface area contributed by atoms with Gasteiger partial charge in [-0.2, -0.15) is 0 Å². The van der Waals surface area contributed by atoms with Crippen LogP contribution in [0.2, 0.25) is 0 Å². The molecule has 170 valence electrons. The maximum Gasteiger partial charge on any atom is 0.310 e. The van der Waals surface area contributed by atoms with Gasteiger partial charge in [-0.3, -0.25) is 9.59 Å². The van der Waals surface area contributed by atoms with Gasteiger partial charge in [-0.25, -0.2) is 0 Å². The normalized spacial score (nSPS) is 22.3. The number of hydrogen-bond donors (Lipinski definition) is 0. The van der Waals surface area contributed by atoms with Gasteiger partial charge in [-0.05, 0) is 24.3 Å². The van der Waals surface area contributed by atoms with Crippen LogP contribution in [0.5, 0.6) is 23.0 Å². The maximum absolute atomic E-state index is 13.1. The minimum absolute atomic E-state index is 0.513. The molecule has 0 spiro atoms. The first kappa shape index (κ1) is 21.8. The van der Waals surface area contributed by atoms with Crippen LogP contribution in [0.25, 0.3) is 0 Å². The number of benzene rings is 2. The lowest BCUT2D eigenvalue weighted by molar-refractivity contribution is -0.160. The molecule has 2 aromatic carbocycles. The monoisotopic (exact) mass is 442 g/mol. The summed E-state index contributed by atoms with van der Waals surface area (Å²) in [6, 6.07) is 7.19. The molecule has 2 bridgehead atoms. The fourth-order valence-electron chi connectivity index (χ4n) is 5.45. The second-order valence-corrected chi connectivity index (χ2v) is 7.65. The van der Waals surface area contributed by atoms with Gasteiger partial charge in [-0.1, -0.05) is 0 Å². The molecule has 0 amide bonds. The van der Waals surface area contributed by atoms with Gasteiger partial charge in [0.2, 0.25) is 0 Å². The molecule has 0 heterocycles. The number of hydrogen-bond acceptors (Lipinski definition) is 8. The number of carbonyl (C=O) groups is 2. The van der Waals surface area contributed by atoms with E-state index in [0.29, 0.717) is 23.0 Å². The molecule has 2 unspecified atom stereocenters. The Bertz CT molecular complexity index is 929. The van der Waals surface area contributed by atoms with E-state index in [-0.39, 0.29) is 0 Å². The van der Waals surface area contributed by atoms with Crippen molar-refractivity contribution in [2.75, 3.05) is 42.7 Å². The molecule has 8 nitrogen and oxygen atoms in total. The van der Waals surface area contributed by atoms with Gasteiger partial charge in [-0.15, -0.1) is 0 Å². The molecule has 0 N–H and O–H groups in total. The van der Waals surface area contributed by atoms with Crippen molar-refractivity contribution in [3.63, 3.8) is 0 Å². The molecule has 0 radical (unpaired) electrons. The van der Waals surface area contributed by atoms with Crippen molar-refractivity contribution in [1.82, 2.24) is 0 Å². The molecule has 8 heteroatoms. The lowest BCUT2D eigenvalue weighted by Crippen LogP contribution is -2.48. The van der Waals surface area contributed by atoms with Crippen molar-refractivity contribution in [2.45, 2.75) is 11.8 Å². The highest BCUT2D eigenvalue weighted by Gasteiger charge is 2.60.